The molecule has 2 atom stereocenters. The SMILES string of the molecule is O=C1c2c(O)c(=O)ccn2N([C@H]2c3cc(F)c(F)cc3CSc3ccccc32)[C@@H]2COCCN12. The van der Waals surface area contributed by atoms with Gasteiger partial charge in [0.25, 0.3) is 5.91 Å². The molecule has 0 bridgehead atoms. The molecule has 2 aromatic carbocycles. The van der Waals surface area contributed by atoms with E-state index in [0.717, 1.165) is 10.5 Å². The van der Waals surface area contributed by atoms with Crippen LogP contribution < -0.4 is 10.4 Å². The smallest absolute Gasteiger partial charge is 0.278 e. The summed E-state index contributed by atoms with van der Waals surface area (Å²) in [6.07, 6.45) is 0.833. The number of nitrogens with zero attached hydrogens (tertiary/aromatic N) is 3. The average Bonchev–Trinajstić information content (AvgIpc) is 2.99. The minimum atomic E-state index is -0.971. The number of hydrogen-bond acceptors (Lipinski definition) is 6. The number of aromatic hydroxyl groups is 1. The van der Waals surface area contributed by atoms with Gasteiger partial charge in [0, 0.05) is 29.5 Å². The fourth-order valence-electron chi connectivity index (χ4n) is 4.96. The van der Waals surface area contributed by atoms with E-state index >= 15 is 0 Å². The second-order valence-electron chi connectivity index (χ2n) is 8.35. The van der Waals surface area contributed by atoms with Crippen molar-refractivity contribution in [1.82, 2.24) is 9.58 Å². The van der Waals surface area contributed by atoms with Gasteiger partial charge in [0.15, 0.2) is 23.1 Å². The van der Waals surface area contributed by atoms with Crippen LogP contribution in [0.3, 0.4) is 0 Å². The van der Waals surface area contributed by atoms with Gasteiger partial charge >= 0.3 is 0 Å². The third-order valence-corrected chi connectivity index (χ3v) is 7.65. The number of carbonyl (C=O) groups excluding carboxylic acids is 1. The Balaban J connectivity index is 1.67. The van der Waals surface area contributed by atoms with Crippen LogP contribution in [0.1, 0.15) is 33.2 Å². The van der Waals surface area contributed by atoms with Gasteiger partial charge in [-0.1, -0.05) is 18.2 Å². The number of hydrogen-bond donors (Lipinski definition) is 1. The molecule has 1 saturated heterocycles. The topological polar surface area (TPSA) is 75.0 Å². The maximum Gasteiger partial charge on any atom is 0.278 e. The van der Waals surface area contributed by atoms with Crippen molar-refractivity contribution in [3.63, 3.8) is 0 Å². The van der Waals surface area contributed by atoms with E-state index in [4.69, 9.17) is 4.74 Å². The number of rotatable bonds is 1. The third kappa shape index (κ3) is 3.05. The summed E-state index contributed by atoms with van der Waals surface area (Å²) in [6, 6.07) is 10.6. The standard InChI is InChI=1S/C24H19F2N3O4S/c25-16-9-13-12-34-19-4-2-1-3-14(19)21(15(13)10-17(16)26)29-20-11-33-8-7-27(20)24(32)22-23(31)18(30)5-6-28(22)29/h1-6,9-10,20-21,31H,7-8,11-12H2/t20-,21-/m1/s1. The molecule has 4 heterocycles. The van der Waals surface area contributed by atoms with Crippen molar-refractivity contribution in [3.05, 3.63) is 92.9 Å². The zero-order chi connectivity index (χ0) is 23.6. The van der Waals surface area contributed by atoms with E-state index in [9.17, 15) is 23.5 Å². The summed E-state index contributed by atoms with van der Waals surface area (Å²) >= 11 is 1.52. The van der Waals surface area contributed by atoms with Gasteiger partial charge in [-0.2, -0.15) is 0 Å². The Kier molecular flexibility index (Phi) is 4.89. The van der Waals surface area contributed by atoms with E-state index in [0.29, 0.717) is 23.5 Å². The van der Waals surface area contributed by atoms with Gasteiger partial charge in [0.1, 0.15) is 6.17 Å². The largest absolute Gasteiger partial charge is 0.502 e. The van der Waals surface area contributed by atoms with Gasteiger partial charge in [-0.3, -0.25) is 19.3 Å². The number of amides is 1. The summed E-state index contributed by atoms with van der Waals surface area (Å²) in [6.45, 7) is 0.737. The molecule has 1 amide bonds. The highest BCUT2D eigenvalue weighted by atomic mass is 32.2. The molecule has 3 aliphatic heterocycles. The zero-order valence-electron chi connectivity index (χ0n) is 17.8. The van der Waals surface area contributed by atoms with Crippen LogP contribution in [0, 0.1) is 11.6 Å². The second kappa shape index (κ2) is 7.85. The molecule has 1 aromatic heterocycles. The van der Waals surface area contributed by atoms with Crippen LogP contribution in [-0.4, -0.2) is 46.5 Å². The Bertz CT molecular complexity index is 1400. The lowest BCUT2D eigenvalue weighted by molar-refractivity contribution is -0.0197. The van der Waals surface area contributed by atoms with E-state index in [-0.39, 0.29) is 18.8 Å². The first-order valence-corrected chi connectivity index (χ1v) is 11.8. The average molecular weight is 483 g/mol. The van der Waals surface area contributed by atoms with Gasteiger partial charge in [-0.05, 0) is 34.9 Å². The Labute approximate surface area is 197 Å². The fourth-order valence-corrected chi connectivity index (χ4v) is 6.04. The number of carbonyl (C=O) groups is 1. The number of aromatic nitrogens is 1. The first-order valence-electron chi connectivity index (χ1n) is 10.8. The lowest BCUT2D eigenvalue weighted by Gasteiger charge is -2.51. The van der Waals surface area contributed by atoms with E-state index in [1.54, 1.807) is 4.90 Å². The summed E-state index contributed by atoms with van der Waals surface area (Å²) in [4.78, 5) is 28.0. The van der Waals surface area contributed by atoms with Crippen molar-refractivity contribution in [1.29, 1.82) is 0 Å². The maximum absolute atomic E-state index is 14.6. The minimum Gasteiger partial charge on any atom is -0.502 e. The molecule has 1 N–H and O–H groups in total. The van der Waals surface area contributed by atoms with Crippen molar-refractivity contribution in [2.45, 2.75) is 22.9 Å². The van der Waals surface area contributed by atoms with Gasteiger partial charge < -0.3 is 14.7 Å². The maximum atomic E-state index is 14.6. The second-order valence-corrected chi connectivity index (χ2v) is 9.37. The summed E-state index contributed by atoms with van der Waals surface area (Å²) in [7, 11) is 0. The first kappa shape index (κ1) is 21.2. The Morgan fingerprint density at radius 1 is 1.06 bits per heavy atom. The number of pyridine rings is 1. The summed E-state index contributed by atoms with van der Waals surface area (Å²) in [5.74, 6) is -2.60. The molecule has 0 saturated carbocycles. The van der Waals surface area contributed by atoms with Gasteiger partial charge in [-0.15, -0.1) is 11.8 Å². The van der Waals surface area contributed by atoms with Crippen molar-refractivity contribution in [2.24, 2.45) is 0 Å². The van der Waals surface area contributed by atoms with Crippen molar-refractivity contribution < 1.29 is 23.4 Å². The summed E-state index contributed by atoms with van der Waals surface area (Å²) in [5, 5.41) is 12.4. The quantitative estimate of drug-likeness (QED) is 0.574. The summed E-state index contributed by atoms with van der Waals surface area (Å²) in [5.41, 5.74) is 1.17. The molecule has 6 rings (SSSR count). The predicted octanol–water partition coefficient (Wildman–Crippen LogP) is 2.98. The Hall–Kier alpha value is -3.37. The fraction of sp³-hybridized carbons (Fsp3) is 0.250. The predicted molar refractivity (Wildman–Crippen MR) is 120 cm³/mol. The monoisotopic (exact) mass is 483 g/mol. The molecule has 10 heteroatoms. The lowest BCUT2D eigenvalue weighted by Crippen LogP contribution is -2.66. The molecule has 3 aliphatic rings. The van der Waals surface area contributed by atoms with Gasteiger partial charge in [0.05, 0.1) is 19.3 Å². The number of ether oxygens (including phenoxy) is 1. The number of halogens is 2. The van der Waals surface area contributed by atoms with Crippen LogP contribution >= 0.6 is 11.8 Å². The van der Waals surface area contributed by atoms with E-state index < -0.39 is 40.9 Å². The Morgan fingerprint density at radius 3 is 2.71 bits per heavy atom. The number of benzene rings is 2. The first-order chi connectivity index (χ1) is 16.5. The van der Waals surface area contributed by atoms with Crippen LogP contribution in [-0.2, 0) is 10.5 Å². The molecule has 1 fully saturated rings. The molecule has 0 radical (unpaired) electrons. The molecule has 3 aromatic rings. The van der Waals surface area contributed by atoms with Crippen molar-refractivity contribution in [3.8, 4) is 5.75 Å². The minimum absolute atomic E-state index is 0.163. The van der Waals surface area contributed by atoms with Gasteiger partial charge in [0.2, 0.25) is 5.43 Å². The number of thioether (sulfide) groups is 1. The van der Waals surface area contributed by atoms with Crippen LogP contribution in [0.5, 0.6) is 5.75 Å². The van der Waals surface area contributed by atoms with Crippen molar-refractivity contribution >= 4 is 17.7 Å². The molecule has 174 valence electrons. The molecule has 7 nitrogen and oxygen atoms in total. The highest BCUT2D eigenvalue weighted by Crippen LogP contribution is 2.44. The normalized spacial score (nSPS) is 21.3. The molecule has 0 spiro atoms. The highest BCUT2D eigenvalue weighted by Gasteiger charge is 2.46. The van der Waals surface area contributed by atoms with E-state index in [2.05, 4.69) is 0 Å². The molecule has 0 unspecified atom stereocenters. The van der Waals surface area contributed by atoms with Crippen LogP contribution in [0.25, 0.3) is 0 Å². The summed E-state index contributed by atoms with van der Waals surface area (Å²) < 4.78 is 36.0. The van der Waals surface area contributed by atoms with Crippen LogP contribution in [0.15, 0.2) is 58.4 Å². The molecule has 34 heavy (non-hydrogen) atoms. The number of fused-ring (bicyclic) bond motifs is 4. The molecular weight excluding hydrogens is 464 g/mol. The van der Waals surface area contributed by atoms with Crippen LogP contribution in [0.4, 0.5) is 8.78 Å². The Morgan fingerprint density at radius 2 is 1.85 bits per heavy atom. The van der Waals surface area contributed by atoms with Crippen molar-refractivity contribution in [2.75, 3.05) is 24.8 Å². The highest BCUT2D eigenvalue weighted by molar-refractivity contribution is 7.98. The zero-order valence-corrected chi connectivity index (χ0v) is 18.6. The van der Waals surface area contributed by atoms with Crippen LogP contribution in [0.2, 0.25) is 0 Å². The van der Waals surface area contributed by atoms with Gasteiger partial charge in [-0.25, -0.2) is 8.78 Å². The molecular formula is C24H19F2N3O4S. The molecule has 0 aliphatic carbocycles. The van der Waals surface area contributed by atoms with E-state index in [1.165, 1.54) is 40.8 Å². The van der Waals surface area contributed by atoms with E-state index in [1.807, 2.05) is 29.3 Å². The lowest BCUT2D eigenvalue weighted by atomic mass is 9.93. The third-order valence-electron chi connectivity index (χ3n) is 6.51. The number of morpholine rings is 1.